The van der Waals surface area contributed by atoms with Crippen molar-refractivity contribution in [2.24, 2.45) is 5.73 Å². The number of nitrogens with two attached hydrogens (primary N) is 1. The van der Waals surface area contributed by atoms with Crippen LogP contribution < -0.4 is 5.73 Å². The fourth-order valence-electron chi connectivity index (χ4n) is 4.47. The van der Waals surface area contributed by atoms with Crippen LogP contribution in [0.15, 0.2) is 48.5 Å². The molecule has 0 spiro atoms. The molecule has 10 heteroatoms. The predicted octanol–water partition coefficient (Wildman–Crippen LogP) is 6.39. The van der Waals surface area contributed by atoms with Gasteiger partial charge in [-0.05, 0) is 56.0 Å². The summed E-state index contributed by atoms with van der Waals surface area (Å²) >= 11 is 0. The number of alkyl halides is 6. The van der Waals surface area contributed by atoms with E-state index in [4.69, 9.17) is 15.2 Å². The minimum atomic E-state index is -4.94. The molecule has 0 heterocycles. The van der Waals surface area contributed by atoms with Gasteiger partial charge in [0.25, 0.3) is 0 Å². The zero-order valence-corrected chi connectivity index (χ0v) is 17.9. The lowest BCUT2D eigenvalue weighted by molar-refractivity contribution is -0.143. The second-order valence-electron chi connectivity index (χ2n) is 8.66. The summed E-state index contributed by atoms with van der Waals surface area (Å²) in [6.45, 7) is 3.09. The van der Waals surface area contributed by atoms with Gasteiger partial charge in [-0.1, -0.05) is 30.3 Å². The van der Waals surface area contributed by atoms with Crippen LogP contribution in [0.25, 0.3) is 0 Å². The average molecular weight is 475 g/mol. The molecule has 1 saturated carbocycles. The third-order valence-electron chi connectivity index (χ3n) is 5.85. The zero-order chi connectivity index (χ0) is 24.7. The zero-order valence-electron chi connectivity index (χ0n) is 17.9. The standard InChI is InChI=1S/C23H23F6NO3/c1-14(15-8-17(22(24,25)26)10-18(9-15)23(27,28)29)32-13-21(16-6-4-3-5-7-16)11-20(2,12-21)33-19(30)31/h3-10,14H,11-13H2,1-2H3,(H2,30,31)/t14-,20?,21?/m1/s1. The Balaban J connectivity index is 1.86. The molecule has 3 rings (SSSR count). The topological polar surface area (TPSA) is 61.6 Å². The lowest BCUT2D eigenvalue weighted by Gasteiger charge is -2.53. The van der Waals surface area contributed by atoms with E-state index in [2.05, 4.69) is 0 Å². The van der Waals surface area contributed by atoms with Crippen molar-refractivity contribution in [2.45, 2.75) is 56.2 Å². The minimum absolute atomic E-state index is 0.00646. The van der Waals surface area contributed by atoms with Gasteiger partial charge in [0, 0.05) is 5.41 Å². The van der Waals surface area contributed by atoms with Gasteiger partial charge < -0.3 is 15.2 Å². The number of carbonyl (C=O) groups is 1. The molecule has 0 radical (unpaired) electrons. The van der Waals surface area contributed by atoms with Gasteiger partial charge in [-0.3, -0.25) is 0 Å². The maximum atomic E-state index is 13.2. The summed E-state index contributed by atoms with van der Waals surface area (Å²) in [7, 11) is 0. The van der Waals surface area contributed by atoms with Gasteiger partial charge in [0.1, 0.15) is 5.60 Å². The molecule has 0 aliphatic heterocycles. The molecule has 33 heavy (non-hydrogen) atoms. The number of hydrogen-bond donors (Lipinski definition) is 1. The summed E-state index contributed by atoms with van der Waals surface area (Å²) in [5, 5.41) is 0. The quantitative estimate of drug-likeness (QED) is 0.493. The smallest absolute Gasteiger partial charge is 0.416 e. The first kappa shape index (κ1) is 24.9. The summed E-state index contributed by atoms with van der Waals surface area (Å²) in [5.41, 5.74) is 1.45. The van der Waals surface area contributed by atoms with E-state index in [9.17, 15) is 31.1 Å². The Kier molecular flexibility index (Phi) is 6.45. The fourth-order valence-corrected chi connectivity index (χ4v) is 4.47. The van der Waals surface area contributed by atoms with Crippen LogP contribution >= 0.6 is 0 Å². The van der Waals surface area contributed by atoms with Gasteiger partial charge >= 0.3 is 18.4 Å². The van der Waals surface area contributed by atoms with Crippen LogP contribution in [0.2, 0.25) is 0 Å². The molecule has 2 aromatic carbocycles. The number of hydrogen-bond acceptors (Lipinski definition) is 3. The van der Waals surface area contributed by atoms with E-state index in [-0.39, 0.29) is 18.2 Å². The molecule has 1 atom stereocenters. The molecule has 1 fully saturated rings. The van der Waals surface area contributed by atoms with E-state index in [1.807, 2.05) is 12.1 Å². The highest BCUT2D eigenvalue weighted by Gasteiger charge is 2.55. The molecule has 0 bridgehead atoms. The lowest BCUT2D eigenvalue weighted by Crippen LogP contribution is -2.57. The third-order valence-corrected chi connectivity index (χ3v) is 5.85. The number of primary amides is 1. The van der Waals surface area contributed by atoms with Gasteiger partial charge in [-0.25, -0.2) is 4.79 Å². The number of halogens is 6. The van der Waals surface area contributed by atoms with Crippen molar-refractivity contribution in [3.8, 4) is 0 Å². The Hall–Kier alpha value is -2.75. The first-order valence-electron chi connectivity index (χ1n) is 10.1. The van der Waals surface area contributed by atoms with Crippen molar-refractivity contribution in [1.82, 2.24) is 0 Å². The van der Waals surface area contributed by atoms with Crippen LogP contribution in [0.5, 0.6) is 0 Å². The Labute approximate surface area is 186 Å². The van der Waals surface area contributed by atoms with E-state index >= 15 is 0 Å². The minimum Gasteiger partial charge on any atom is -0.443 e. The maximum Gasteiger partial charge on any atom is 0.416 e. The number of benzene rings is 2. The van der Waals surface area contributed by atoms with Crippen LogP contribution in [-0.4, -0.2) is 18.3 Å². The number of ether oxygens (including phenoxy) is 2. The van der Waals surface area contributed by atoms with Gasteiger partial charge in [-0.15, -0.1) is 0 Å². The van der Waals surface area contributed by atoms with E-state index in [1.54, 1.807) is 25.1 Å². The first-order chi connectivity index (χ1) is 15.1. The molecule has 2 aromatic rings. The maximum absolute atomic E-state index is 13.2. The number of amides is 1. The van der Waals surface area contributed by atoms with E-state index in [1.165, 1.54) is 6.92 Å². The van der Waals surface area contributed by atoms with Crippen LogP contribution in [0.1, 0.15) is 55.0 Å². The van der Waals surface area contributed by atoms with Crippen molar-refractivity contribution in [3.63, 3.8) is 0 Å². The molecule has 0 aromatic heterocycles. The number of rotatable bonds is 6. The van der Waals surface area contributed by atoms with Gasteiger partial charge in [0.05, 0.1) is 23.8 Å². The Morgan fingerprint density at radius 3 is 1.97 bits per heavy atom. The Morgan fingerprint density at radius 2 is 1.52 bits per heavy atom. The van der Waals surface area contributed by atoms with Crippen molar-refractivity contribution < 1.29 is 40.6 Å². The normalized spacial score (nSPS) is 24.1. The van der Waals surface area contributed by atoms with E-state index in [0.29, 0.717) is 25.0 Å². The highest BCUT2D eigenvalue weighted by atomic mass is 19.4. The van der Waals surface area contributed by atoms with Crippen molar-refractivity contribution >= 4 is 6.09 Å². The summed E-state index contributed by atoms with van der Waals surface area (Å²) in [6, 6.07) is 10.5. The molecular weight excluding hydrogens is 452 g/mol. The van der Waals surface area contributed by atoms with Crippen molar-refractivity contribution in [1.29, 1.82) is 0 Å². The molecule has 0 saturated heterocycles. The summed E-state index contributed by atoms with van der Waals surface area (Å²) < 4.78 is 90.1. The van der Waals surface area contributed by atoms with E-state index in [0.717, 1.165) is 5.56 Å². The second-order valence-corrected chi connectivity index (χ2v) is 8.66. The van der Waals surface area contributed by atoms with Crippen molar-refractivity contribution in [3.05, 3.63) is 70.8 Å². The lowest BCUT2D eigenvalue weighted by atomic mass is 9.57. The fraction of sp³-hybridized carbons (Fsp3) is 0.435. The summed E-state index contributed by atoms with van der Waals surface area (Å²) in [4.78, 5) is 11.2. The molecule has 1 amide bonds. The summed E-state index contributed by atoms with van der Waals surface area (Å²) in [5.74, 6) is 0. The van der Waals surface area contributed by atoms with E-state index < -0.39 is 46.7 Å². The van der Waals surface area contributed by atoms with Gasteiger partial charge in [0.15, 0.2) is 0 Å². The molecule has 4 nitrogen and oxygen atoms in total. The van der Waals surface area contributed by atoms with Gasteiger partial charge in [-0.2, -0.15) is 26.3 Å². The molecular formula is C23H23F6NO3. The van der Waals surface area contributed by atoms with Gasteiger partial charge in [0.2, 0.25) is 0 Å². The largest absolute Gasteiger partial charge is 0.443 e. The average Bonchev–Trinajstić information content (AvgIpc) is 2.68. The third kappa shape index (κ3) is 5.61. The van der Waals surface area contributed by atoms with Crippen LogP contribution in [0, 0.1) is 0 Å². The molecule has 2 N–H and O–H groups in total. The highest BCUT2D eigenvalue weighted by molar-refractivity contribution is 5.65. The predicted molar refractivity (Wildman–Crippen MR) is 107 cm³/mol. The summed E-state index contributed by atoms with van der Waals surface area (Å²) in [6.07, 6.45) is -11.2. The monoisotopic (exact) mass is 475 g/mol. The Morgan fingerprint density at radius 1 is 1.00 bits per heavy atom. The molecule has 180 valence electrons. The SMILES string of the molecule is C[C@@H](OCC1(c2ccccc2)CC(C)(OC(N)=O)C1)c1cc(C(F)(F)F)cc(C(F)(F)F)c1. The van der Waals surface area contributed by atoms with Crippen molar-refractivity contribution in [2.75, 3.05) is 6.61 Å². The van der Waals surface area contributed by atoms with Crippen LogP contribution in [0.4, 0.5) is 31.1 Å². The van der Waals surface area contributed by atoms with Crippen LogP contribution in [-0.2, 0) is 27.2 Å². The first-order valence-corrected chi connectivity index (χ1v) is 10.1. The highest BCUT2D eigenvalue weighted by Crippen LogP contribution is 2.53. The molecule has 1 aliphatic rings. The Bertz CT molecular complexity index is 965. The number of carbonyl (C=O) groups excluding carboxylic acids is 1. The van der Waals surface area contributed by atoms with Crippen LogP contribution in [0.3, 0.4) is 0 Å². The second kappa shape index (κ2) is 8.55. The molecule has 1 aliphatic carbocycles. The molecule has 0 unspecified atom stereocenters.